The Morgan fingerprint density at radius 2 is 1.34 bits per heavy atom. The number of aromatic hydroxyl groups is 1. The van der Waals surface area contributed by atoms with Crippen LogP contribution in [0.25, 0.3) is 0 Å². The summed E-state index contributed by atoms with van der Waals surface area (Å²) in [7, 11) is 0. The van der Waals surface area contributed by atoms with Crippen molar-refractivity contribution in [2.45, 2.75) is 123 Å². The topological polar surface area (TPSA) is 46.5 Å². The molecule has 0 spiro atoms. The first-order valence-corrected chi connectivity index (χ1v) is 12.1. The first-order chi connectivity index (χ1) is 14.2. The molecule has 1 N–H and O–H groups in total. The summed E-state index contributed by atoms with van der Waals surface area (Å²) in [6.45, 7) is 4.48. The molecule has 1 aromatic carbocycles. The van der Waals surface area contributed by atoms with Gasteiger partial charge in [0.2, 0.25) is 0 Å². The van der Waals surface area contributed by atoms with Crippen LogP contribution in [0.2, 0.25) is 0 Å². The second-order valence-electron chi connectivity index (χ2n) is 8.39. The average Bonchev–Trinajstić information content (AvgIpc) is 2.72. The lowest BCUT2D eigenvalue weighted by atomic mass is 10.0. The zero-order chi connectivity index (χ0) is 21.2. The van der Waals surface area contributed by atoms with Crippen LogP contribution in [0.4, 0.5) is 0 Å². The van der Waals surface area contributed by atoms with Crippen LogP contribution in [-0.4, -0.2) is 17.2 Å². The van der Waals surface area contributed by atoms with Gasteiger partial charge in [0.25, 0.3) is 0 Å². The molecule has 3 nitrogen and oxygen atoms in total. The van der Waals surface area contributed by atoms with Crippen molar-refractivity contribution in [3.8, 4) is 5.75 Å². The van der Waals surface area contributed by atoms with Crippen molar-refractivity contribution in [2.24, 2.45) is 0 Å². The van der Waals surface area contributed by atoms with Crippen molar-refractivity contribution < 1.29 is 14.6 Å². The molecule has 0 fully saturated rings. The van der Waals surface area contributed by atoms with Gasteiger partial charge in [0.1, 0.15) is 11.9 Å². The van der Waals surface area contributed by atoms with E-state index in [1.807, 2.05) is 12.1 Å². The van der Waals surface area contributed by atoms with Crippen molar-refractivity contribution >= 4 is 5.97 Å². The normalized spacial score (nSPS) is 11.1. The number of hydrogen-bond acceptors (Lipinski definition) is 3. The lowest BCUT2D eigenvalue weighted by Crippen LogP contribution is -2.18. The zero-order valence-corrected chi connectivity index (χ0v) is 19.0. The molecule has 0 aliphatic rings. The van der Waals surface area contributed by atoms with E-state index in [0.29, 0.717) is 12.2 Å². The molecule has 0 bridgehead atoms. The molecule has 0 saturated heterocycles. The molecule has 0 aliphatic carbocycles. The first kappa shape index (κ1) is 25.5. The smallest absolute Gasteiger partial charge is 0.306 e. The van der Waals surface area contributed by atoms with E-state index >= 15 is 0 Å². The van der Waals surface area contributed by atoms with Gasteiger partial charge in [-0.2, -0.15) is 0 Å². The summed E-state index contributed by atoms with van der Waals surface area (Å²) in [5.41, 5.74) is 1.20. The van der Waals surface area contributed by atoms with Crippen LogP contribution in [0.5, 0.6) is 5.75 Å². The molecule has 0 heterocycles. The highest BCUT2D eigenvalue weighted by Gasteiger charge is 2.14. The van der Waals surface area contributed by atoms with E-state index in [0.717, 1.165) is 32.1 Å². The SMILES string of the molecule is CCCCCCCC(CCCCCCC)OC(=O)CCCCc1ccc(O)cc1. The van der Waals surface area contributed by atoms with Gasteiger partial charge >= 0.3 is 5.97 Å². The van der Waals surface area contributed by atoms with E-state index in [4.69, 9.17) is 4.74 Å². The quantitative estimate of drug-likeness (QED) is 0.201. The Morgan fingerprint density at radius 1 is 0.793 bits per heavy atom. The largest absolute Gasteiger partial charge is 0.508 e. The van der Waals surface area contributed by atoms with Gasteiger partial charge in [-0.05, 0) is 62.6 Å². The summed E-state index contributed by atoms with van der Waals surface area (Å²) < 4.78 is 5.86. The number of rotatable bonds is 18. The minimum absolute atomic E-state index is 0.0252. The highest BCUT2D eigenvalue weighted by atomic mass is 16.5. The minimum atomic E-state index is -0.0252. The Kier molecular flexibility index (Phi) is 15.3. The Hall–Kier alpha value is -1.51. The highest BCUT2D eigenvalue weighted by Crippen LogP contribution is 2.18. The van der Waals surface area contributed by atoms with Gasteiger partial charge in [0, 0.05) is 6.42 Å². The second kappa shape index (κ2) is 17.4. The highest BCUT2D eigenvalue weighted by molar-refractivity contribution is 5.69. The molecule has 0 saturated carbocycles. The number of phenolic OH excluding ortho intramolecular Hbond substituents is 1. The maximum atomic E-state index is 12.3. The van der Waals surface area contributed by atoms with E-state index in [1.54, 1.807) is 12.1 Å². The average molecular weight is 405 g/mol. The van der Waals surface area contributed by atoms with Gasteiger partial charge in [0.15, 0.2) is 0 Å². The lowest BCUT2D eigenvalue weighted by Gasteiger charge is -2.18. The molecule has 166 valence electrons. The molecular weight excluding hydrogens is 360 g/mol. The van der Waals surface area contributed by atoms with Crippen LogP contribution in [-0.2, 0) is 16.0 Å². The van der Waals surface area contributed by atoms with E-state index in [1.165, 1.54) is 69.8 Å². The van der Waals surface area contributed by atoms with E-state index in [-0.39, 0.29) is 12.1 Å². The molecule has 0 atom stereocenters. The first-order valence-electron chi connectivity index (χ1n) is 12.1. The van der Waals surface area contributed by atoms with E-state index < -0.39 is 0 Å². The fourth-order valence-corrected chi connectivity index (χ4v) is 3.72. The Bertz CT molecular complexity index is 495. The number of benzene rings is 1. The fraction of sp³-hybridized carbons (Fsp3) is 0.731. The molecule has 3 heteroatoms. The number of carbonyl (C=O) groups excluding carboxylic acids is 1. The van der Waals surface area contributed by atoms with Crippen LogP contribution in [0.3, 0.4) is 0 Å². The third kappa shape index (κ3) is 14.2. The lowest BCUT2D eigenvalue weighted by molar-refractivity contribution is -0.150. The van der Waals surface area contributed by atoms with Crippen molar-refractivity contribution in [3.63, 3.8) is 0 Å². The maximum Gasteiger partial charge on any atom is 0.306 e. The summed E-state index contributed by atoms with van der Waals surface area (Å²) in [4.78, 5) is 12.3. The Morgan fingerprint density at radius 3 is 1.90 bits per heavy atom. The molecule has 29 heavy (non-hydrogen) atoms. The minimum Gasteiger partial charge on any atom is -0.508 e. The third-order valence-electron chi connectivity index (χ3n) is 5.59. The Labute approximate surface area is 179 Å². The van der Waals surface area contributed by atoms with Crippen LogP contribution in [0, 0.1) is 0 Å². The third-order valence-corrected chi connectivity index (χ3v) is 5.59. The van der Waals surface area contributed by atoms with E-state index in [2.05, 4.69) is 13.8 Å². The number of aryl methyl sites for hydroxylation is 1. The number of esters is 1. The number of ether oxygens (including phenoxy) is 1. The molecule has 0 amide bonds. The summed E-state index contributed by atoms with van der Waals surface area (Å²) in [6, 6.07) is 7.33. The Balaban J connectivity index is 2.25. The summed E-state index contributed by atoms with van der Waals surface area (Å²) in [6.07, 6.45) is 18.0. The standard InChI is InChI=1S/C26H44O3/c1-3-5-7-9-11-16-25(17-12-10-8-6-4-2)29-26(28)18-14-13-15-23-19-21-24(27)22-20-23/h19-22,25,27H,3-18H2,1-2H3. The second-order valence-corrected chi connectivity index (χ2v) is 8.39. The molecule has 0 aromatic heterocycles. The molecule has 1 rings (SSSR count). The van der Waals surface area contributed by atoms with Crippen LogP contribution >= 0.6 is 0 Å². The van der Waals surface area contributed by atoms with Crippen LogP contribution in [0.1, 0.15) is 116 Å². The summed E-state index contributed by atoms with van der Waals surface area (Å²) >= 11 is 0. The number of unbranched alkanes of at least 4 members (excludes halogenated alkanes) is 9. The molecule has 0 radical (unpaired) electrons. The molecule has 0 aliphatic heterocycles. The summed E-state index contributed by atoms with van der Waals surface area (Å²) in [5, 5.41) is 9.33. The van der Waals surface area contributed by atoms with Gasteiger partial charge in [-0.3, -0.25) is 4.79 Å². The molecule has 1 aromatic rings. The monoisotopic (exact) mass is 404 g/mol. The summed E-state index contributed by atoms with van der Waals surface area (Å²) in [5.74, 6) is 0.274. The van der Waals surface area contributed by atoms with Gasteiger partial charge < -0.3 is 9.84 Å². The van der Waals surface area contributed by atoms with Crippen LogP contribution in [0.15, 0.2) is 24.3 Å². The van der Waals surface area contributed by atoms with Gasteiger partial charge in [-0.15, -0.1) is 0 Å². The number of carbonyl (C=O) groups is 1. The molecule has 0 unspecified atom stereocenters. The predicted molar refractivity (Wildman–Crippen MR) is 122 cm³/mol. The van der Waals surface area contributed by atoms with E-state index in [9.17, 15) is 9.90 Å². The molecular formula is C26H44O3. The van der Waals surface area contributed by atoms with Crippen molar-refractivity contribution in [2.75, 3.05) is 0 Å². The van der Waals surface area contributed by atoms with Crippen molar-refractivity contribution in [1.29, 1.82) is 0 Å². The van der Waals surface area contributed by atoms with Gasteiger partial charge in [-0.25, -0.2) is 0 Å². The number of phenols is 1. The van der Waals surface area contributed by atoms with Crippen molar-refractivity contribution in [3.05, 3.63) is 29.8 Å². The van der Waals surface area contributed by atoms with Crippen LogP contribution < -0.4 is 0 Å². The van der Waals surface area contributed by atoms with Gasteiger partial charge in [0.05, 0.1) is 0 Å². The zero-order valence-electron chi connectivity index (χ0n) is 19.0. The van der Waals surface area contributed by atoms with Crippen molar-refractivity contribution in [1.82, 2.24) is 0 Å². The van der Waals surface area contributed by atoms with Gasteiger partial charge in [-0.1, -0.05) is 77.3 Å². The maximum absolute atomic E-state index is 12.3. The number of hydrogen-bond donors (Lipinski definition) is 1. The fourth-order valence-electron chi connectivity index (χ4n) is 3.72. The predicted octanol–water partition coefficient (Wildman–Crippen LogP) is 7.74.